The molecule has 1 aliphatic carbocycles. The number of aliphatic hydroxyl groups excluding tert-OH is 1. The van der Waals surface area contributed by atoms with Crippen molar-refractivity contribution in [3.05, 3.63) is 11.7 Å². The van der Waals surface area contributed by atoms with Crippen LogP contribution in [-0.2, 0) is 6.54 Å². The molecule has 1 aliphatic heterocycles. The molecule has 0 bridgehead atoms. The Labute approximate surface area is 125 Å². The number of β-amino-alcohol motifs (C(OH)–C–C–N with tert-alkyl or cyclic N) is 1. The van der Waals surface area contributed by atoms with E-state index in [1.165, 1.54) is 12.8 Å². The molecule has 2 atom stereocenters. The van der Waals surface area contributed by atoms with Gasteiger partial charge in [-0.2, -0.15) is 4.98 Å². The van der Waals surface area contributed by atoms with Crippen molar-refractivity contribution in [1.29, 1.82) is 0 Å². The average molecular weight is 295 g/mol. The molecule has 1 saturated heterocycles. The maximum Gasteiger partial charge on any atom is 0.229 e. The molecule has 0 amide bonds. The van der Waals surface area contributed by atoms with Crippen LogP contribution in [0, 0.1) is 0 Å². The summed E-state index contributed by atoms with van der Waals surface area (Å²) in [6.07, 6.45) is 5.24. The highest BCUT2D eigenvalue weighted by Crippen LogP contribution is 2.33. The first-order chi connectivity index (χ1) is 10.1. The summed E-state index contributed by atoms with van der Waals surface area (Å²) in [6.45, 7) is 3.69. The average Bonchev–Trinajstić information content (AvgIpc) is 3.14. The van der Waals surface area contributed by atoms with Crippen molar-refractivity contribution in [2.45, 2.75) is 69.6 Å². The Bertz CT molecular complexity index is 472. The molecule has 21 heavy (non-hydrogen) atoms. The summed E-state index contributed by atoms with van der Waals surface area (Å²) in [7, 11) is 0. The van der Waals surface area contributed by atoms with Gasteiger partial charge >= 0.3 is 0 Å². The minimum absolute atomic E-state index is 0.434. The number of piperidine rings is 1. The Morgan fingerprint density at radius 1 is 1.38 bits per heavy atom. The summed E-state index contributed by atoms with van der Waals surface area (Å²) < 4.78 is 5.38. The van der Waals surface area contributed by atoms with Crippen LogP contribution in [0.25, 0.3) is 0 Å². The van der Waals surface area contributed by atoms with Gasteiger partial charge in [-0.25, -0.2) is 0 Å². The Balaban J connectivity index is 1.57. The van der Waals surface area contributed by atoms with Crippen LogP contribution in [0.5, 0.6) is 0 Å². The lowest BCUT2D eigenvalue weighted by atomic mass is 9.86. The van der Waals surface area contributed by atoms with Gasteiger partial charge in [0.05, 0.1) is 18.2 Å². The SMILES string of the molecule is CC[C@@]1(O)CCN(Cc2noc(C3CCCC3)n2)C[C@H]1O. The van der Waals surface area contributed by atoms with E-state index in [4.69, 9.17) is 4.52 Å². The van der Waals surface area contributed by atoms with Gasteiger partial charge < -0.3 is 14.7 Å². The Kier molecular flexibility index (Phi) is 4.28. The fourth-order valence-corrected chi connectivity index (χ4v) is 3.45. The van der Waals surface area contributed by atoms with Gasteiger partial charge in [0.1, 0.15) is 0 Å². The zero-order valence-electron chi connectivity index (χ0n) is 12.7. The predicted molar refractivity (Wildman–Crippen MR) is 76.6 cm³/mol. The van der Waals surface area contributed by atoms with Gasteiger partial charge in [0, 0.05) is 19.0 Å². The molecule has 2 aliphatic rings. The molecule has 6 nitrogen and oxygen atoms in total. The number of likely N-dealkylation sites (tertiary alicyclic amines) is 1. The van der Waals surface area contributed by atoms with Crippen molar-refractivity contribution in [3.8, 4) is 0 Å². The van der Waals surface area contributed by atoms with Crippen molar-refractivity contribution in [2.75, 3.05) is 13.1 Å². The highest BCUT2D eigenvalue weighted by molar-refractivity contribution is 4.98. The fourth-order valence-electron chi connectivity index (χ4n) is 3.45. The lowest BCUT2D eigenvalue weighted by Gasteiger charge is -2.41. The lowest BCUT2D eigenvalue weighted by Crippen LogP contribution is -2.54. The second-order valence-corrected chi connectivity index (χ2v) is 6.49. The van der Waals surface area contributed by atoms with Gasteiger partial charge in [-0.15, -0.1) is 0 Å². The standard InChI is InChI=1S/C15H25N3O3/c1-2-15(20)7-8-18(9-12(15)19)10-13-16-14(21-17-13)11-5-3-4-6-11/h11-12,19-20H,2-10H2,1H3/t12-,15-/m1/s1. The Morgan fingerprint density at radius 2 is 2.14 bits per heavy atom. The van der Waals surface area contributed by atoms with Crippen molar-refractivity contribution < 1.29 is 14.7 Å². The summed E-state index contributed by atoms with van der Waals surface area (Å²) in [6, 6.07) is 0. The van der Waals surface area contributed by atoms with E-state index in [0.29, 0.717) is 37.7 Å². The zero-order valence-corrected chi connectivity index (χ0v) is 12.7. The van der Waals surface area contributed by atoms with E-state index in [-0.39, 0.29) is 0 Å². The van der Waals surface area contributed by atoms with E-state index in [2.05, 4.69) is 15.0 Å². The molecule has 3 rings (SSSR count). The van der Waals surface area contributed by atoms with Crippen LogP contribution in [0.1, 0.15) is 63.1 Å². The van der Waals surface area contributed by atoms with Gasteiger partial charge in [-0.05, 0) is 25.7 Å². The number of aliphatic hydroxyl groups is 2. The normalized spacial score (nSPS) is 31.9. The lowest BCUT2D eigenvalue weighted by molar-refractivity contribution is -0.122. The van der Waals surface area contributed by atoms with E-state index in [9.17, 15) is 10.2 Å². The largest absolute Gasteiger partial charge is 0.389 e. The monoisotopic (exact) mass is 295 g/mol. The van der Waals surface area contributed by atoms with E-state index in [0.717, 1.165) is 25.3 Å². The molecule has 1 aromatic heterocycles. The molecule has 2 N–H and O–H groups in total. The number of nitrogens with zero attached hydrogens (tertiary/aromatic N) is 3. The van der Waals surface area contributed by atoms with Crippen LogP contribution >= 0.6 is 0 Å². The minimum atomic E-state index is -0.942. The third-order valence-electron chi connectivity index (χ3n) is 5.08. The topological polar surface area (TPSA) is 82.6 Å². The molecule has 1 saturated carbocycles. The highest BCUT2D eigenvalue weighted by atomic mass is 16.5. The third-order valence-corrected chi connectivity index (χ3v) is 5.08. The molecule has 6 heteroatoms. The van der Waals surface area contributed by atoms with E-state index >= 15 is 0 Å². The van der Waals surface area contributed by atoms with Crippen molar-refractivity contribution in [2.24, 2.45) is 0 Å². The number of rotatable bonds is 4. The summed E-state index contributed by atoms with van der Waals surface area (Å²) in [4.78, 5) is 6.59. The van der Waals surface area contributed by atoms with Crippen molar-refractivity contribution in [1.82, 2.24) is 15.0 Å². The van der Waals surface area contributed by atoms with Gasteiger partial charge in [0.15, 0.2) is 5.82 Å². The van der Waals surface area contributed by atoms with Crippen molar-refractivity contribution in [3.63, 3.8) is 0 Å². The Morgan fingerprint density at radius 3 is 2.81 bits per heavy atom. The van der Waals surface area contributed by atoms with Crippen LogP contribution in [0.15, 0.2) is 4.52 Å². The number of hydrogen-bond donors (Lipinski definition) is 2. The van der Waals surface area contributed by atoms with E-state index in [1.807, 2.05) is 6.92 Å². The minimum Gasteiger partial charge on any atom is -0.389 e. The summed E-state index contributed by atoms with van der Waals surface area (Å²) in [5.41, 5.74) is -0.942. The molecule has 0 spiro atoms. The van der Waals surface area contributed by atoms with E-state index in [1.54, 1.807) is 0 Å². The third kappa shape index (κ3) is 3.12. The summed E-state index contributed by atoms with van der Waals surface area (Å²) >= 11 is 0. The molecular formula is C15H25N3O3. The van der Waals surface area contributed by atoms with Crippen LogP contribution < -0.4 is 0 Å². The maximum absolute atomic E-state index is 10.3. The zero-order chi connectivity index (χ0) is 14.9. The van der Waals surface area contributed by atoms with Crippen LogP contribution in [0.4, 0.5) is 0 Å². The second-order valence-electron chi connectivity index (χ2n) is 6.49. The first kappa shape index (κ1) is 14.9. The van der Waals surface area contributed by atoms with Gasteiger partial charge in [-0.1, -0.05) is 24.9 Å². The summed E-state index contributed by atoms with van der Waals surface area (Å²) in [5, 5.41) is 24.4. The molecule has 0 aromatic carbocycles. The van der Waals surface area contributed by atoms with E-state index < -0.39 is 11.7 Å². The van der Waals surface area contributed by atoms with Gasteiger partial charge in [0.25, 0.3) is 0 Å². The number of aromatic nitrogens is 2. The van der Waals surface area contributed by atoms with Gasteiger partial charge in [0.2, 0.25) is 5.89 Å². The molecule has 2 fully saturated rings. The number of hydrogen-bond acceptors (Lipinski definition) is 6. The van der Waals surface area contributed by atoms with Crippen LogP contribution in [0.2, 0.25) is 0 Å². The van der Waals surface area contributed by atoms with Crippen LogP contribution in [-0.4, -0.2) is 50.0 Å². The summed E-state index contributed by atoms with van der Waals surface area (Å²) in [5.74, 6) is 1.89. The molecule has 2 heterocycles. The first-order valence-electron chi connectivity index (χ1n) is 8.06. The molecule has 1 aromatic rings. The predicted octanol–water partition coefficient (Wildman–Crippen LogP) is 1.43. The van der Waals surface area contributed by atoms with Crippen molar-refractivity contribution >= 4 is 0 Å². The van der Waals surface area contributed by atoms with Gasteiger partial charge in [-0.3, -0.25) is 4.90 Å². The Hall–Kier alpha value is -0.980. The van der Waals surface area contributed by atoms with Crippen LogP contribution in [0.3, 0.4) is 0 Å². The second kappa shape index (κ2) is 6.02. The quantitative estimate of drug-likeness (QED) is 0.874. The molecular weight excluding hydrogens is 270 g/mol. The fraction of sp³-hybridized carbons (Fsp3) is 0.867. The highest BCUT2D eigenvalue weighted by Gasteiger charge is 2.39. The molecule has 0 radical (unpaired) electrons. The smallest absolute Gasteiger partial charge is 0.229 e. The first-order valence-corrected chi connectivity index (χ1v) is 8.06. The molecule has 0 unspecified atom stereocenters. The maximum atomic E-state index is 10.3. The molecule has 118 valence electrons.